The fourth-order valence-corrected chi connectivity index (χ4v) is 2.48. The number of phenols is 2. The van der Waals surface area contributed by atoms with E-state index in [0.29, 0.717) is 17.7 Å². The van der Waals surface area contributed by atoms with Crippen molar-refractivity contribution in [3.05, 3.63) is 23.3 Å². The van der Waals surface area contributed by atoms with Crippen molar-refractivity contribution in [2.45, 2.75) is 58.8 Å². The predicted octanol–water partition coefficient (Wildman–Crippen LogP) is 3.60. The van der Waals surface area contributed by atoms with Crippen LogP contribution >= 0.6 is 0 Å². The number of unbranched alkanes of at least 4 members (excludes halogenated alkanes) is 3. The molecule has 0 fully saturated rings. The molecular formula is C17H27NO3. The summed E-state index contributed by atoms with van der Waals surface area (Å²) in [5.41, 5.74) is 1.36. The second kappa shape index (κ2) is 8.55. The Balaban J connectivity index is 2.83. The van der Waals surface area contributed by atoms with E-state index in [0.717, 1.165) is 19.3 Å². The number of hydrogen-bond acceptors (Lipinski definition) is 3. The monoisotopic (exact) mass is 293 g/mol. The van der Waals surface area contributed by atoms with Gasteiger partial charge in [0.2, 0.25) is 5.91 Å². The smallest absolute Gasteiger partial charge is 0.216 e. The third-order valence-corrected chi connectivity index (χ3v) is 3.79. The summed E-state index contributed by atoms with van der Waals surface area (Å²) in [6.07, 6.45) is 5.44. The van der Waals surface area contributed by atoms with Crippen molar-refractivity contribution in [2.24, 2.45) is 0 Å². The highest BCUT2D eigenvalue weighted by atomic mass is 16.3. The Bertz CT molecular complexity index is 471. The molecule has 1 unspecified atom stereocenters. The molecule has 21 heavy (non-hydrogen) atoms. The Morgan fingerprint density at radius 1 is 1.19 bits per heavy atom. The molecule has 0 aliphatic rings. The van der Waals surface area contributed by atoms with Gasteiger partial charge in [0.25, 0.3) is 0 Å². The molecule has 0 aromatic heterocycles. The van der Waals surface area contributed by atoms with Crippen molar-refractivity contribution in [3.63, 3.8) is 0 Å². The number of amides is 1. The quantitative estimate of drug-likeness (QED) is 0.506. The maximum absolute atomic E-state index is 11.1. The van der Waals surface area contributed by atoms with Gasteiger partial charge in [-0.15, -0.1) is 0 Å². The van der Waals surface area contributed by atoms with Gasteiger partial charge in [-0.3, -0.25) is 4.79 Å². The van der Waals surface area contributed by atoms with Gasteiger partial charge in [0, 0.05) is 24.9 Å². The maximum atomic E-state index is 11.1. The number of carbonyl (C=O) groups is 1. The Morgan fingerprint density at radius 3 is 2.52 bits per heavy atom. The van der Waals surface area contributed by atoms with E-state index in [-0.39, 0.29) is 23.3 Å². The van der Waals surface area contributed by atoms with Crippen LogP contribution in [0.4, 0.5) is 0 Å². The van der Waals surface area contributed by atoms with Gasteiger partial charge in [-0.1, -0.05) is 32.6 Å². The summed E-state index contributed by atoms with van der Waals surface area (Å²) in [6, 6.07) is 3.20. The van der Waals surface area contributed by atoms with Crippen molar-refractivity contribution >= 4 is 5.91 Å². The molecule has 1 aromatic carbocycles. The van der Waals surface area contributed by atoms with Gasteiger partial charge in [-0.25, -0.2) is 0 Å². The summed E-state index contributed by atoms with van der Waals surface area (Å²) in [6.45, 7) is 5.89. The molecule has 0 aliphatic carbocycles. The number of carbonyl (C=O) groups excluding carboxylic acids is 1. The first-order chi connectivity index (χ1) is 9.95. The van der Waals surface area contributed by atoms with Crippen LogP contribution in [0.1, 0.15) is 63.0 Å². The first-order valence-corrected chi connectivity index (χ1v) is 7.72. The Hall–Kier alpha value is -1.71. The molecule has 4 nitrogen and oxygen atoms in total. The van der Waals surface area contributed by atoms with Crippen molar-refractivity contribution in [2.75, 3.05) is 6.54 Å². The lowest BCUT2D eigenvalue weighted by molar-refractivity contribution is -0.119. The third kappa shape index (κ3) is 5.66. The van der Waals surface area contributed by atoms with Gasteiger partial charge in [-0.2, -0.15) is 0 Å². The SMILES string of the molecule is CCCCCCC(CNC(C)=O)c1cc(O)c(C)cc1O. The molecule has 4 heteroatoms. The van der Waals surface area contributed by atoms with Crippen LogP contribution in [-0.2, 0) is 4.79 Å². The number of nitrogens with one attached hydrogen (secondary N) is 1. The van der Waals surface area contributed by atoms with Gasteiger partial charge in [-0.05, 0) is 31.0 Å². The topological polar surface area (TPSA) is 69.6 Å². The second-order valence-electron chi connectivity index (χ2n) is 5.68. The number of aryl methyl sites for hydroxylation is 1. The van der Waals surface area contributed by atoms with Crippen molar-refractivity contribution in [1.29, 1.82) is 0 Å². The first-order valence-electron chi connectivity index (χ1n) is 7.72. The molecular weight excluding hydrogens is 266 g/mol. The normalized spacial score (nSPS) is 12.1. The molecule has 0 heterocycles. The van der Waals surface area contributed by atoms with E-state index in [1.165, 1.54) is 19.8 Å². The molecule has 0 saturated heterocycles. The van der Waals surface area contributed by atoms with Crippen LogP contribution in [0.15, 0.2) is 12.1 Å². The summed E-state index contributed by atoms with van der Waals surface area (Å²) in [7, 11) is 0. The van der Waals surface area contributed by atoms with E-state index >= 15 is 0 Å². The number of aromatic hydroxyl groups is 2. The lowest BCUT2D eigenvalue weighted by Gasteiger charge is -2.20. The minimum Gasteiger partial charge on any atom is -0.508 e. The lowest BCUT2D eigenvalue weighted by Crippen LogP contribution is -2.26. The fraction of sp³-hybridized carbons (Fsp3) is 0.588. The Morgan fingerprint density at radius 2 is 1.90 bits per heavy atom. The maximum Gasteiger partial charge on any atom is 0.216 e. The molecule has 1 atom stereocenters. The Labute approximate surface area is 127 Å². The molecule has 0 saturated carbocycles. The molecule has 0 spiro atoms. The van der Waals surface area contributed by atoms with Crippen LogP contribution in [-0.4, -0.2) is 22.7 Å². The van der Waals surface area contributed by atoms with Crippen LogP contribution in [0, 0.1) is 6.92 Å². The van der Waals surface area contributed by atoms with Gasteiger partial charge >= 0.3 is 0 Å². The Kier molecular flexibility index (Phi) is 7.06. The average Bonchev–Trinajstić information content (AvgIpc) is 2.42. The van der Waals surface area contributed by atoms with E-state index in [9.17, 15) is 15.0 Å². The highest BCUT2D eigenvalue weighted by Gasteiger charge is 2.17. The minimum absolute atomic E-state index is 0.0252. The number of hydrogen-bond donors (Lipinski definition) is 3. The first kappa shape index (κ1) is 17.3. The summed E-state index contributed by atoms with van der Waals surface area (Å²) >= 11 is 0. The van der Waals surface area contributed by atoms with Crippen LogP contribution in [0.5, 0.6) is 11.5 Å². The van der Waals surface area contributed by atoms with Gasteiger partial charge in [0.15, 0.2) is 0 Å². The van der Waals surface area contributed by atoms with Crippen molar-refractivity contribution in [3.8, 4) is 11.5 Å². The van der Waals surface area contributed by atoms with Crippen LogP contribution < -0.4 is 5.32 Å². The van der Waals surface area contributed by atoms with Crippen LogP contribution in [0.3, 0.4) is 0 Å². The van der Waals surface area contributed by atoms with E-state index in [1.807, 2.05) is 0 Å². The largest absolute Gasteiger partial charge is 0.508 e. The van der Waals surface area contributed by atoms with E-state index in [2.05, 4.69) is 12.2 Å². The van der Waals surface area contributed by atoms with Gasteiger partial charge in [0.1, 0.15) is 11.5 Å². The number of benzene rings is 1. The number of rotatable bonds is 8. The minimum atomic E-state index is -0.0793. The van der Waals surface area contributed by atoms with Gasteiger partial charge in [0.05, 0.1) is 0 Å². The molecule has 1 aromatic rings. The molecule has 0 aliphatic heterocycles. The molecule has 1 amide bonds. The molecule has 118 valence electrons. The molecule has 1 rings (SSSR count). The lowest BCUT2D eigenvalue weighted by atomic mass is 9.91. The molecule has 0 bridgehead atoms. The van der Waals surface area contributed by atoms with Crippen LogP contribution in [0.2, 0.25) is 0 Å². The second-order valence-corrected chi connectivity index (χ2v) is 5.68. The predicted molar refractivity (Wildman–Crippen MR) is 84.7 cm³/mol. The van der Waals surface area contributed by atoms with Crippen LogP contribution in [0.25, 0.3) is 0 Å². The highest BCUT2D eigenvalue weighted by Crippen LogP contribution is 2.34. The highest BCUT2D eigenvalue weighted by molar-refractivity contribution is 5.72. The summed E-state index contributed by atoms with van der Waals surface area (Å²) in [5, 5.41) is 22.8. The molecule has 3 N–H and O–H groups in total. The fourth-order valence-electron chi connectivity index (χ4n) is 2.48. The summed E-state index contributed by atoms with van der Waals surface area (Å²) in [4.78, 5) is 11.1. The average molecular weight is 293 g/mol. The summed E-state index contributed by atoms with van der Waals surface area (Å²) in [5.74, 6) is 0.321. The van der Waals surface area contributed by atoms with E-state index < -0.39 is 0 Å². The van der Waals surface area contributed by atoms with E-state index in [1.54, 1.807) is 19.1 Å². The zero-order valence-corrected chi connectivity index (χ0v) is 13.3. The zero-order chi connectivity index (χ0) is 15.8. The van der Waals surface area contributed by atoms with Gasteiger partial charge < -0.3 is 15.5 Å². The summed E-state index contributed by atoms with van der Waals surface area (Å²) < 4.78 is 0. The number of phenolic OH excluding ortho intramolecular Hbond substituents is 2. The molecule has 0 radical (unpaired) electrons. The zero-order valence-electron chi connectivity index (χ0n) is 13.3. The standard InChI is InChI=1S/C17H27NO3/c1-4-5-6-7-8-14(11-18-13(3)19)15-10-16(20)12(2)9-17(15)21/h9-10,14,20-21H,4-8,11H2,1-3H3,(H,18,19). The van der Waals surface area contributed by atoms with E-state index in [4.69, 9.17) is 0 Å². The van der Waals surface area contributed by atoms with Crippen molar-refractivity contribution in [1.82, 2.24) is 5.32 Å². The van der Waals surface area contributed by atoms with Crippen molar-refractivity contribution < 1.29 is 15.0 Å². The third-order valence-electron chi connectivity index (χ3n) is 3.79.